The molecule has 0 radical (unpaired) electrons. The molecule has 32 heavy (non-hydrogen) atoms. The van der Waals surface area contributed by atoms with Crippen molar-refractivity contribution in [2.45, 2.75) is 11.2 Å². The zero-order chi connectivity index (χ0) is 22.7. The minimum Gasteiger partial charge on any atom is -0.496 e. The van der Waals surface area contributed by atoms with Crippen LogP contribution in [0.25, 0.3) is 10.8 Å². The van der Waals surface area contributed by atoms with Crippen molar-refractivity contribution in [3.05, 3.63) is 107 Å². The number of halogens is 2. The van der Waals surface area contributed by atoms with E-state index >= 15 is 8.78 Å². The van der Waals surface area contributed by atoms with E-state index in [9.17, 15) is 10.2 Å². The van der Waals surface area contributed by atoms with Crippen LogP contribution < -0.4 is 9.47 Å². The highest BCUT2D eigenvalue weighted by Gasteiger charge is 2.64. The minimum absolute atomic E-state index is 0.141. The van der Waals surface area contributed by atoms with E-state index in [4.69, 9.17) is 9.47 Å². The van der Waals surface area contributed by atoms with E-state index in [1.807, 2.05) is 0 Å². The molecule has 0 aromatic heterocycles. The van der Waals surface area contributed by atoms with Gasteiger partial charge in [0, 0.05) is 27.6 Å². The van der Waals surface area contributed by atoms with Crippen molar-refractivity contribution in [2.24, 2.45) is 0 Å². The second-order valence-corrected chi connectivity index (χ2v) is 7.76. The number of ether oxygens (including phenoxy) is 2. The number of benzene rings is 4. The Kier molecular flexibility index (Phi) is 4.48. The van der Waals surface area contributed by atoms with Crippen molar-refractivity contribution < 1.29 is 28.5 Å². The number of hydrogen-bond acceptors (Lipinski definition) is 4. The molecule has 2 atom stereocenters. The highest BCUT2D eigenvalue weighted by Crippen LogP contribution is 2.63. The first-order valence-electron chi connectivity index (χ1n) is 10.0. The number of aliphatic hydroxyl groups is 2. The SMILES string of the molecule is COc1ccc2ccc(OC)c3c2c1C(O)(c1ccccc1F)C3(O)c1ccccc1F. The van der Waals surface area contributed by atoms with Gasteiger partial charge in [-0.1, -0.05) is 48.5 Å². The molecule has 0 amide bonds. The summed E-state index contributed by atoms with van der Waals surface area (Å²) in [6.45, 7) is 0. The van der Waals surface area contributed by atoms with E-state index in [0.717, 1.165) is 0 Å². The Morgan fingerprint density at radius 1 is 0.625 bits per heavy atom. The Morgan fingerprint density at radius 3 is 1.41 bits per heavy atom. The lowest BCUT2D eigenvalue weighted by Crippen LogP contribution is -2.49. The van der Waals surface area contributed by atoms with E-state index in [1.165, 1.54) is 50.6 Å². The van der Waals surface area contributed by atoms with Crippen molar-refractivity contribution >= 4 is 10.8 Å². The van der Waals surface area contributed by atoms with Crippen molar-refractivity contribution in [2.75, 3.05) is 14.2 Å². The molecule has 5 rings (SSSR count). The lowest BCUT2D eigenvalue weighted by atomic mass is 9.71. The fourth-order valence-electron chi connectivity index (χ4n) is 4.97. The molecule has 2 unspecified atom stereocenters. The molecule has 0 saturated heterocycles. The summed E-state index contributed by atoms with van der Waals surface area (Å²) >= 11 is 0. The molecule has 1 aliphatic carbocycles. The van der Waals surface area contributed by atoms with E-state index in [1.54, 1.807) is 36.4 Å². The van der Waals surface area contributed by atoms with Crippen LogP contribution in [-0.2, 0) is 11.2 Å². The average molecular weight is 434 g/mol. The van der Waals surface area contributed by atoms with Gasteiger partial charge in [0.05, 0.1) is 14.2 Å². The Bertz CT molecular complexity index is 1270. The second-order valence-electron chi connectivity index (χ2n) is 7.76. The van der Waals surface area contributed by atoms with E-state index in [2.05, 4.69) is 0 Å². The van der Waals surface area contributed by atoms with Crippen LogP contribution in [-0.4, -0.2) is 24.4 Å². The number of hydrogen-bond donors (Lipinski definition) is 2. The standard InChI is InChI=1S/C26H20F2O4/c1-31-20-13-11-15-12-14-21(32-2)24-22(15)23(20)25(29,16-7-3-5-9-18(16)27)26(24,30)17-8-4-6-10-19(17)28/h3-14,29-30H,1-2H3. The zero-order valence-corrected chi connectivity index (χ0v) is 17.4. The van der Waals surface area contributed by atoms with Gasteiger partial charge >= 0.3 is 0 Å². The molecule has 4 nitrogen and oxygen atoms in total. The van der Waals surface area contributed by atoms with Crippen LogP contribution in [0.15, 0.2) is 72.8 Å². The molecule has 0 aliphatic heterocycles. The molecule has 2 N–H and O–H groups in total. The van der Waals surface area contributed by atoms with Gasteiger partial charge in [-0.05, 0) is 29.7 Å². The summed E-state index contributed by atoms with van der Waals surface area (Å²) in [5, 5.41) is 25.9. The van der Waals surface area contributed by atoms with Gasteiger partial charge in [-0.25, -0.2) is 8.78 Å². The van der Waals surface area contributed by atoms with E-state index in [0.29, 0.717) is 10.8 Å². The minimum atomic E-state index is -2.43. The van der Waals surface area contributed by atoms with Gasteiger partial charge in [-0.2, -0.15) is 0 Å². The summed E-state index contributed by atoms with van der Waals surface area (Å²) in [5.41, 5.74) is -5.00. The highest BCUT2D eigenvalue weighted by atomic mass is 19.1. The van der Waals surface area contributed by atoms with Crippen molar-refractivity contribution in [1.82, 2.24) is 0 Å². The maximum absolute atomic E-state index is 15.2. The summed E-state index contributed by atoms with van der Waals surface area (Å²) in [4.78, 5) is 0. The molecule has 6 heteroatoms. The second kappa shape index (κ2) is 7.02. The van der Waals surface area contributed by atoms with Gasteiger partial charge in [0.15, 0.2) is 11.2 Å². The first-order chi connectivity index (χ1) is 15.4. The average Bonchev–Trinajstić information content (AvgIpc) is 3.02. The Morgan fingerprint density at radius 2 is 1.03 bits per heavy atom. The molecule has 1 aliphatic rings. The first-order valence-corrected chi connectivity index (χ1v) is 10.0. The predicted molar refractivity (Wildman–Crippen MR) is 116 cm³/mol. The maximum atomic E-state index is 15.2. The molecule has 162 valence electrons. The van der Waals surface area contributed by atoms with Gasteiger partial charge in [0.25, 0.3) is 0 Å². The topological polar surface area (TPSA) is 58.9 Å². The summed E-state index contributed by atoms with van der Waals surface area (Å²) < 4.78 is 41.5. The molecule has 0 heterocycles. The fraction of sp³-hybridized carbons (Fsp3) is 0.154. The zero-order valence-electron chi connectivity index (χ0n) is 17.4. The number of methoxy groups -OCH3 is 2. The summed E-state index contributed by atoms with van der Waals surface area (Å²) in [6.07, 6.45) is 0. The quantitative estimate of drug-likeness (QED) is 0.492. The van der Waals surface area contributed by atoms with Crippen molar-refractivity contribution in [3.63, 3.8) is 0 Å². The van der Waals surface area contributed by atoms with Gasteiger partial charge in [0.1, 0.15) is 23.1 Å². The normalized spacial score (nSPS) is 21.7. The molecule has 0 fully saturated rings. The molecular weight excluding hydrogens is 414 g/mol. The Balaban J connectivity index is 2.06. The van der Waals surface area contributed by atoms with Crippen LogP contribution in [0.3, 0.4) is 0 Å². The van der Waals surface area contributed by atoms with Gasteiger partial charge in [-0.3, -0.25) is 0 Å². The van der Waals surface area contributed by atoms with Gasteiger partial charge in [0.2, 0.25) is 0 Å². The van der Waals surface area contributed by atoms with Crippen LogP contribution in [0.4, 0.5) is 8.78 Å². The maximum Gasteiger partial charge on any atom is 0.159 e. The monoisotopic (exact) mass is 434 g/mol. The molecule has 0 spiro atoms. The molecule has 0 saturated carbocycles. The lowest BCUT2D eigenvalue weighted by molar-refractivity contribution is -0.110. The first kappa shape index (κ1) is 20.4. The lowest BCUT2D eigenvalue weighted by Gasteiger charge is -2.41. The van der Waals surface area contributed by atoms with Crippen LogP contribution in [0.2, 0.25) is 0 Å². The number of rotatable bonds is 4. The third-order valence-electron chi connectivity index (χ3n) is 6.32. The molecule has 0 bridgehead atoms. The van der Waals surface area contributed by atoms with E-state index in [-0.39, 0.29) is 33.8 Å². The predicted octanol–water partition coefficient (Wildman–Crippen LogP) is 4.62. The largest absolute Gasteiger partial charge is 0.496 e. The van der Waals surface area contributed by atoms with E-state index < -0.39 is 22.8 Å². The summed E-state index contributed by atoms with van der Waals surface area (Å²) in [7, 11) is 2.83. The van der Waals surface area contributed by atoms with Gasteiger partial charge < -0.3 is 19.7 Å². The van der Waals surface area contributed by atoms with Crippen LogP contribution in [0.5, 0.6) is 11.5 Å². The molecular formula is C26H20F2O4. The van der Waals surface area contributed by atoms with Crippen LogP contribution in [0.1, 0.15) is 22.3 Å². The fourth-order valence-corrected chi connectivity index (χ4v) is 4.97. The van der Waals surface area contributed by atoms with Crippen molar-refractivity contribution in [3.8, 4) is 11.5 Å². The highest BCUT2D eigenvalue weighted by molar-refractivity contribution is 5.98. The van der Waals surface area contributed by atoms with Crippen LogP contribution in [0, 0.1) is 11.6 Å². The third-order valence-corrected chi connectivity index (χ3v) is 6.32. The third kappa shape index (κ3) is 2.36. The smallest absolute Gasteiger partial charge is 0.159 e. The molecule has 4 aromatic rings. The Hall–Kier alpha value is -3.48. The summed E-state index contributed by atoms with van der Waals surface area (Å²) in [5.74, 6) is -1.05. The van der Waals surface area contributed by atoms with Crippen LogP contribution >= 0.6 is 0 Å². The Labute approximate surface area is 183 Å². The summed E-state index contributed by atoms with van der Waals surface area (Å²) in [6, 6.07) is 17.9. The molecule has 4 aromatic carbocycles. The van der Waals surface area contributed by atoms with Crippen molar-refractivity contribution in [1.29, 1.82) is 0 Å². The van der Waals surface area contributed by atoms with Gasteiger partial charge in [-0.15, -0.1) is 0 Å².